The van der Waals surface area contributed by atoms with Crippen LogP contribution in [0.4, 0.5) is 11.5 Å². The number of rotatable bonds is 10. The zero-order chi connectivity index (χ0) is 28.5. The Balaban J connectivity index is 1.73. The topological polar surface area (TPSA) is 141 Å². The zero-order valence-electron chi connectivity index (χ0n) is 21.3. The fraction of sp³-hybridized carbons (Fsp3) is 0.250. The average Bonchev–Trinajstić information content (AvgIpc) is 3.17. The van der Waals surface area contributed by atoms with Crippen LogP contribution >= 0.6 is 30.8 Å². The molecule has 2 aromatic carbocycles. The first-order valence-corrected chi connectivity index (χ1v) is 15.6. The predicted molar refractivity (Wildman–Crippen MR) is 154 cm³/mol. The molecule has 0 aliphatic carbocycles. The van der Waals surface area contributed by atoms with Crippen LogP contribution in [0.2, 0.25) is 10.0 Å². The molecule has 4 rings (SSSR count). The Bertz CT molecular complexity index is 1640. The SMILES string of the molecule is Cc1cn(-c2ccc(NCCN(C)C)nn2)c2ccc(N(CP(=O)(O)O)S(=O)(=O)c3cc(Cl)cc(Cl)c3)cc12. The van der Waals surface area contributed by atoms with E-state index in [1.807, 2.05) is 48.8 Å². The first-order chi connectivity index (χ1) is 18.2. The minimum absolute atomic E-state index is 0.0642. The molecule has 0 spiro atoms. The van der Waals surface area contributed by atoms with Crippen LogP contribution in [-0.2, 0) is 14.6 Å². The Hall–Kier alpha value is -2.70. The van der Waals surface area contributed by atoms with Gasteiger partial charge in [0, 0.05) is 34.7 Å². The van der Waals surface area contributed by atoms with Gasteiger partial charge >= 0.3 is 7.60 Å². The number of nitrogens with one attached hydrogen (secondary N) is 1. The van der Waals surface area contributed by atoms with Crippen molar-refractivity contribution in [2.75, 3.05) is 43.1 Å². The number of nitrogens with zero attached hydrogens (tertiary/aromatic N) is 5. The molecule has 3 N–H and O–H groups in total. The Morgan fingerprint density at radius 3 is 2.31 bits per heavy atom. The van der Waals surface area contributed by atoms with Crippen molar-refractivity contribution >= 4 is 63.2 Å². The Labute approximate surface area is 236 Å². The van der Waals surface area contributed by atoms with E-state index in [4.69, 9.17) is 23.2 Å². The number of fused-ring (bicyclic) bond motifs is 1. The Morgan fingerprint density at radius 2 is 1.72 bits per heavy atom. The highest BCUT2D eigenvalue weighted by atomic mass is 35.5. The number of benzene rings is 2. The molecule has 0 amide bonds. The molecule has 0 atom stereocenters. The molecule has 208 valence electrons. The summed E-state index contributed by atoms with van der Waals surface area (Å²) in [6.45, 7) is 3.39. The molecule has 0 aliphatic heterocycles. The number of halogens is 2. The maximum Gasteiger partial charge on any atom is 0.345 e. The van der Waals surface area contributed by atoms with Gasteiger partial charge in [-0.05, 0) is 75.1 Å². The standard InChI is InChI=1S/C24H27Cl2N6O5PS/c1-16-14-31(24-7-6-23(28-29-24)27-8-9-30(2)3)22-5-4-19(13-21(16)22)32(15-38(33,34)35)39(36,37)20-11-17(25)10-18(26)12-20/h4-7,10-14H,8-9,15H2,1-3H3,(H,27,28)(H2,33,34,35). The predicted octanol–water partition coefficient (Wildman–Crippen LogP) is 4.34. The number of hydrogen-bond acceptors (Lipinski definition) is 7. The molecule has 0 saturated heterocycles. The molecule has 11 nitrogen and oxygen atoms in total. The van der Waals surface area contributed by atoms with Crippen molar-refractivity contribution in [3.63, 3.8) is 0 Å². The average molecular weight is 613 g/mol. The van der Waals surface area contributed by atoms with E-state index in [0.717, 1.165) is 12.1 Å². The quantitative estimate of drug-likeness (QED) is 0.223. The van der Waals surface area contributed by atoms with Crippen molar-refractivity contribution in [1.82, 2.24) is 19.7 Å². The van der Waals surface area contributed by atoms with E-state index in [9.17, 15) is 22.8 Å². The van der Waals surface area contributed by atoms with E-state index in [2.05, 4.69) is 15.5 Å². The van der Waals surface area contributed by atoms with Gasteiger partial charge in [0.1, 0.15) is 12.1 Å². The number of anilines is 2. The van der Waals surface area contributed by atoms with E-state index in [-0.39, 0.29) is 20.6 Å². The van der Waals surface area contributed by atoms with E-state index in [0.29, 0.717) is 33.4 Å². The summed E-state index contributed by atoms with van der Waals surface area (Å²) in [5, 5.41) is 12.6. The lowest BCUT2D eigenvalue weighted by Gasteiger charge is -2.25. The number of aryl methyl sites for hydroxylation is 1. The molecule has 4 aromatic rings. The highest BCUT2D eigenvalue weighted by molar-refractivity contribution is 7.93. The second-order valence-corrected chi connectivity index (χ2v) is 13.5. The molecule has 0 unspecified atom stereocenters. The lowest BCUT2D eigenvalue weighted by atomic mass is 10.2. The summed E-state index contributed by atoms with van der Waals surface area (Å²) < 4.78 is 41.5. The van der Waals surface area contributed by atoms with Gasteiger partial charge in [0.2, 0.25) is 0 Å². The second kappa shape index (κ2) is 11.4. The van der Waals surface area contributed by atoms with Crippen molar-refractivity contribution < 1.29 is 22.8 Å². The highest BCUT2D eigenvalue weighted by Gasteiger charge is 2.32. The molecular formula is C24H27Cl2N6O5PS. The largest absolute Gasteiger partial charge is 0.367 e. The van der Waals surface area contributed by atoms with Crippen LogP contribution < -0.4 is 9.62 Å². The van der Waals surface area contributed by atoms with Crippen LogP contribution in [0, 0.1) is 6.92 Å². The minimum atomic E-state index is -4.81. The lowest BCUT2D eigenvalue weighted by Crippen LogP contribution is -2.32. The second-order valence-electron chi connectivity index (χ2n) is 9.16. The van der Waals surface area contributed by atoms with Crippen LogP contribution in [-0.4, -0.2) is 71.3 Å². The summed E-state index contributed by atoms with van der Waals surface area (Å²) in [7, 11) is -5.29. The van der Waals surface area contributed by atoms with Crippen LogP contribution in [0.3, 0.4) is 0 Å². The van der Waals surface area contributed by atoms with Gasteiger partial charge < -0.3 is 20.0 Å². The van der Waals surface area contributed by atoms with Gasteiger partial charge in [-0.1, -0.05) is 23.2 Å². The van der Waals surface area contributed by atoms with Gasteiger partial charge in [0.05, 0.1) is 16.1 Å². The van der Waals surface area contributed by atoms with Gasteiger partial charge in [-0.3, -0.25) is 13.4 Å². The van der Waals surface area contributed by atoms with Crippen molar-refractivity contribution in [2.24, 2.45) is 0 Å². The third-order valence-corrected chi connectivity index (χ3v) is 8.81. The smallest absolute Gasteiger partial charge is 0.345 e. The molecule has 15 heteroatoms. The highest BCUT2D eigenvalue weighted by Crippen LogP contribution is 2.41. The van der Waals surface area contributed by atoms with E-state index in [1.54, 1.807) is 12.1 Å². The maximum atomic E-state index is 13.5. The Morgan fingerprint density at radius 1 is 1.03 bits per heavy atom. The molecule has 0 saturated carbocycles. The van der Waals surface area contributed by atoms with Crippen molar-refractivity contribution in [2.45, 2.75) is 11.8 Å². The lowest BCUT2D eigenvalue weighted by molar-refractivity contribution is 0.373. The fourth-order valence-electron chi connectivity index (χ4n) is 3.95. The molecule has 0 bridgehead atoms. The third kappa shape index (κ3) is 6.90. The van der Waals surface area contributed by atoms with E-state index in [1.165, 1.54) is 24.3 Å². The fourth-order valence-corrected chi connectivity index (χ4v) is 7.36. The van der Waals surface area contributed by atoms with Gasteiger partial charge in [0.15, 0.2) is 5.82 Å². The summed E-state index contributed by atoms with van der Waals surface area (Å²) in [4.78, 5) is 21.2. The number of hydrogen-bond donors (Lipinski definition) is 3. The van der Waals surface area contributed by atoms with Crippen LogP contribution in [0.5, 0.6) is 0 Å². The molecule has 0 fully saturated rings. The van der Waals surface area contributed by atoms with Gasteiger partial charge in [-0.15, -0.1) is 10.2 Å². The monoisotopic (exact) mass is 612 g/mol. The zero-order valence-corrected chi connectivity index (χ0v) is 24.5. The number of sulfonamides is 1. The summed E-state index contributed by atoms with van der Waals surface area (Å²) in [5.41, 5.74) is 1.56. The first-order valence-electron chi connectivity index (χ1n) is 11.6. The van der Waals surface area contributed by atoms with Gasteiger partial charge in [0.25, 0.3) is 10.0 Å². The van der Waals surface area contributed by atoms with Crippen molar-refractivity contribution in [3.05, 3.63) is 70.3 Å². The summed E-state index contributed by atoms with van der Waals surface area (Å²) >= 11 is 12.0. The van der Waals surface area contributed by atoms with Crippen LogP contribution in [0.25, 0.3) is 16.7 Å². The summed E-state index contributed by atoms with van der Waals surface area (Å²) in [6.07, 6.45) is 0.759. The summed E-state index contributed by atoms with van der Waals surface area (Å²) in [6, 6.07) is 12.0. The van der Waals surface area contributed by atoms with Crippen molar-refractivity contribution in [3.8, 4) is 5.82 Å². The molecular weight excluding hydrogens is 586 g/mol. The minimum Gasteiger partial charge on any atom is -0.367 e. The van der Waals surface area contributed by atoms with E-state index >= 15 is 0 Å². The first kappa shape index (κ1) is 29.3. The van der Waals surface area contributed by atoms with E-state index < -0.39 is 23.9 Å². The number of likely N-dealkylation sites (N-methyl/N-ethyl adjacent to an activating group) is 1. The Kier molecular flexibility index (Phi) is 8.58. The third-order valence-electron chi connectivity index (χ3n) is 5.77. The van der Waals surface area contributed by atoms with Crippen molar-refractivity contribution in [1.29, 1.82) is 0 Å². The van der Waals surface area contributed by atoms with Crippen LogP contribution in [0.15, 0.2) is 59.6 Å². The summed E-state index contributed by atoms with van der Waals surface area (Å²) in [5.74, 6) is 1.18. The van der Waals surface area contributed by atoms with Gasteiger partial charge in [-0.25, -0.2) is 8.42 Å². The molecule has 0 radical (unpaired) electrons. The number of aromatic nitrogens is 3. The van der Waals surface area contributed by atoms with Gasteiger partial charge in [-0.2, -0.15) is 0 Å². The normalized spacial score (nSPS) is 12.3. The molecule has 2 aromatic heterocycles. The molecule has 39 heavy (non-hydrogen) atoms. The van der Waals surface area contributed by atoms with Crippen LogP contribution in [0.1, 0.15) is 5.56 Å². The maximum absolute atomic E-state index is 13.5. The molecule has 0 aliphatic rings. The molecule has 2 heterocycles.